The predicted molar refractivity (Wildman–Crippen MR) is 122 cm³/mol. The van der Waals surface area contributed by atoms with Crippen LogP contribution in [0.5, 0.6) is 0 Å². The fourth-order valence-electron chi connectivity index (χ4n) is 3.49. The van der Waals surface area contributed by atoms with E-state index in [0.29, 0.717) is 49.9 Å². The maximum Gasteiger partial charge on any atom is 0.306 e. The monoisotopic (exact) mass is 442 g/mol. The lowest BCUT2D eigenvalue weighted by Gasteiger charge is -2.39. The van der Waals surface area contributed by atoms with E-state index in [0.717, 1.165) is 12.8 Å². The van der Waals surface area contributed by atoms with Gasteiger partial charge in [0, 0.05) is 19.3 Å². The van der Waals surface area contributed by atoms with E-state index in [-0.39, 0.29) is 0 Å². The van der Waals surface area contributed by atoms with Gasteiger partial charge in [0.2, 0.25) is 0 Å². The highest BCUT2D eigenvalue weighted by atomic mass is 16.4. The third kappa shape index (κ3) is 13.2. The van der Waals surface area contributed by atoms with E-state index < -0.39 is 35.7 Å². The quantitative estimate of drug-likeness (QED) is 0.152. The van der Waals surface area contributed by atoms with Gasteiger partial charge in [-0.1, -0.05) is 53.0 Å². The van der Waals surface area contributed by atoms with E-state index in [9.17, 15) is 29.7 Å². The third-order valence-electron chi connectivity index (χ3n) is 6.26. The second-order valence-electron chi connectivity index (χ2n) is 9.10. The van der Waals surface area contributed by atoms with Crippen molar-refractivity contribution >= 4 is 17.9 Å². The first-order valence-corrected chi connectivity index (χ1v) is 11.7. The van der Waals surface area contributed by atoms with Crippen molar-refractivity contribution in [3.05, 3.63) is 12.2 Å². The summed E-state index contributed by atoms with van der Waals surface area (Å²) in [6.07, 6.45) is 11.4. The second-order valence-corrected chi connectivity index (χ2v) is 9.10. The number of aliphatic carboxylic acids is 3. The van der Waals surface area contributed by atoms with Crippen LogP contribution >= 0.6 is 0 Å². The maximum absolute atomic E-state index is 11.3. The van der Waals surface area contributed by atoms with Gasteiger partial charge in [-0.3, -0.25) is 14.4 Å². The number of carbonyl (C=O) groups is 3. The highest BCUT2D eigenvalue weighted by Crippen LogP contribution is 2.20. The van der Waals surface area contributed by atoms with Crippen LogP contribution in [0.3, 0.4) is 0 Å². The average Bonchev–Trinajstić information content (AvgIpc) is 2.72. The molecule has 0 saturated heterocycles. The van der Waals surface area contributed by atoms with Gasteiger partial charge >= 0.3 is 17.9 Å². The second kappa shape index (κ2) is 15.8. The minimum atomic E-state index is -0.845. The summed E-state index contributed by atoms with van der Waals surface area (Å²) in [7, 11) is 0. The smallest absolute Gasteiger partial charge is 0.306 e. The molecule has 3 atom stereocenters. The Morgan fingerprint density at radius 1 is 0.710 bits per heavy atom. The van der Waals surface area contributed by atoms with E-state index in [1.54, 1.807) is 20.8 Å². The highest BCUT2D eigenvalue weighted by molar-refractivity contribution is 5.70. The summed E-state index contributed by atoms with van der Waals surface area (Å²) in [5, 5.41) is 27.9. The molecule has 0 aliphatic carbocycles. The van der Waals surface area contributed by atoms with Crippen molar-refractivity contribution in [2.24, 2.45) is 17.8 Å². The summed E-state index contributed by atoms with van der Waals surface area (Å²) >= 11 is 0. The molecule has 0 amide bonds. The Bertz CT molecular complexity index is 515. The van der Waals surface area contributed by atoms with Crippen molar-refractivity contribution in [2.45, 2.75) is 79.1 Å². The van der Waals surface area contributed by atoms with E-state index >= 15 is 0 Å². The molecule has 0 bridgehead atoms. The molecular weight excluding hydrogens is 398 g/mol. The van der Waals surface area contributed by atoms with Crippen molar-refractivity contribution in [2.75, 3.05) is 26.2 Å². The van der Waals surface area contributed by atoms with Gasteiger partial charge in [0.1, 0.15) is 0 Å². The molecule has 7 heteroatoms. The van der Waals surface area contributed by atoms with E-state index in [4.69, 9.17) is 0 Å². The summed E-state index contributed by atoms with van der Waals surface area (Å²) in [5.41, 5.74) is 0. The molecule has 0 aromatic heterocycles. The molecule has 0 heterocycles. The zero-order valence-electron chi connectivity index (χ0n) is 19.9. The van der Waals surface area contributed by atoms with Gasteiger partial charge in [-0.25, -0.2) is 0 Å². The SMILES string of the molecule is CCCCCC/C=C/C[N+](CCC(C)C(=O)O)(CCC(C)C(=O)O)CCC(C)C(=O)O. The Hall–Kier alpha value is -1.89. The van der Waals surface area contributed by atoms with Crippen molar-refractivity contribution in [3.8, 4) is 0 Å². The molecule has 7 nitrogen and oxygen atoms in total. The summed E-state index contributed by atoms with van der Waals surface area (Å²) < 4.78 is 0.526. The zero-order chi connectivity index (χ0) is 23.9. The number of allylic oxidation sites excluding steroid dienone is 1. The number of unbranched alkanes of at least 4 members (excludes halogenated alkanes) is 4. The van der Waals surface area contributed by atoms with Gasteiger partial charge < -0.3 is 19.8 Å². The zero-order valence-corrected chi connectivity index (χ0v) is 19.9. The Balaban J connectivity index is 5.40. The number of quaternary nitrogens is 1. The molecule has 0 saturated carbocycles. The molecule has 31 heavy (non-hydrogen) atoms. The number of rotatable bonds is 19. The van der Waals surface area contributed by atoms with Crippen molar-refractivity contribution in [1.29, 1.82) is 0 Å². The van der Waals surface area contributed by atoms with Crippen LogP contribution in [0.4, 0.5) is 0 Å². The van der Waals surface area contributed by atoms with Crippen LogP contribution in [0.15, 0.2) is 12.2 Å². The van der Waals surface area contributed by atoms with Gasteiger partial charge in [0.15, 0.2) is 0 Å². The predicted octanol–water partition coefficient (Wildman–Crippen LogP) is 4.66. The van der Waals surface area contributed by atoms with Gasteiger partial charge in [0.05, 0.1) is 43.9 Å². The molecule has 3 unspecified atom stereocenters. The lowest BCUT2D eigenvalue weighted by atomic mass is 10.0. The van der Waals surface area contributed by atoms with Crippen molar-refractivity contribution in [3.63, 3.8) is 0 Å². The van der Waals surface area contributed by atoms with Crippen LogP contribution in [0.25, 0.3) is 0 Å². The normalized spacial score (nSPS) is 16.5. The molecule has 0 aromatic carbocycles. The summed E-state index contributed by atoms with van der Waals surface area (Å²) in [5.74, 6) is -4.02. The molecule has 0 aromatic rings. The minimum absolute atomic E-state index is 0.475. The molecule has 0 spiro atoms. The topological polar surface area (TPSA) is 112 Å². The fraction of sp³-hybridized carbons (Fsp3) is 0.792. The molecular formula is C24H44NO6+. The molecule has 0 fully saturated rings. The van der Waals surface area contributed by atoms with Crippen LogP contribution in [0.2, 0.25) is 0 Å². The molecule has 0 aliphatic heterocycles. The first-order chi connectivity index (χ1) is 14.5. The molecule has 0 rings (SSSR count). The van der Waals surface area contributed by atoms with E-state index in [1.165, 1.54) is 19.3 Å². The van der Waals surface area contributed by atoms with Crippen molar-refractivity contribution < 1.29 is 34.2 Å². The largest absolute Gasteiger partial charge is 0.481 e. The first-order valence-electron chi connectivity index (χ1n) is 11.7. The number of carboxylic acid groups (broad SMARTS) is 3. The average molecular weight is 443 g/mol. The Labute approximate surface area is 187 Å². The Kier molecular flexibility index (Phi) is 14.9. The van der Waals surface area contributed by atoms with Crippen LogP contribution in [0, 0.1) is 17.8 Å². The Morgan fingerprint density at radius 3 is 1.48 bits per heavy atom. The summed E-state index contributed by atoms with van der Waals surface area (Å²) in [6, 6.07) is 0. The molecule has 0 radical (unpaired) electrons. The number of nitrogens with zero attached hydrogens (tertiary/aromatic N) is 1. The first kappa shape index (κ1) is 29.1. The highest BCUT2D eigenvalue weighted by Gasteiger charge is 2.31. The van der Waals surface area contributed by atoms with Crippen molar-refractivity contribution in [1.82, 2.24) is 0 Å². The fourth-order valence-corrected chi connectivity index (χ4v) is 3.49. The number of hydrogen-bond acceptors (Lipinski definition) is 3. The van der Waals surface area contributed by atoms with Gasteiger partial charge in [0.25, 0.3) is 0 Å². The van der Waals surface area contributed by atoms with Crippen LogP contribution in [0.1, 0.15) is 79.1 Å². The maximum atomic E-state index is 11.3. The van der Waals surface area contributed by atoms with E-state index in [2.05, 4.69) is 19.1 Å². The van der Waals surface area contributed by atoms with Gasteiger partial charge in [-0.2, -0.15) is 0 Å². The van der Waals surface area contributed by atoms with Gasteiger partial charge in [-0.15, -0.1) is 0 Å². The molecule has 0 aliphatic rings. The standard InChI is InChI=1S/C24H43NO6/c1-5-6-7-8-9-10-11-15-25(16-12-19(2)22(26)27,17-13-20(3)23(28)29)18-14-21(4)24(30)31/h10-11,19-21H,5-9,12-18H2,1-4H3,(H2-,26,27,28,29,30,31)/p+1/b11-10+. The minimum Gasteiger partial charge on any atom is -0.481 e. The lowest BCUT2D eigenvalue weighted by molar-refractivity contribution is -0.924. The third-order valence-corrected chi connectivity index (χ3v) is 6.26. The molecule has 3 N–H and O–H groups in total. The molecule has 180 valence electrons. The van der Waals surface area contributed by atoms with Gasteiger partial charge in [-0.05, 0) is 18.9 Å². The summed E-state index contributed by atoms with van der Waals surface area (Å²) in [6.45, 7) is 9.65. The van der Waals surface area contributed by atoms with Crippen LogP contribution in [-0.4, -0.2) is 63.9 Å². The number of carboxylic acids is 3. The van der Waals surface area contributed by atoms with Crippen LogP contribution in [-0.2, 0) is 14.4 Å². The van der Waals surface area contributed by atoms with E-state index in [1.807, 2.05) is 0 Å². The number of hydrogen-bond donors (Lipinski definition) is 3. The van der Waals surface area contributed by atoms with Crippen LogP contribution < -0.4 is 0 Å². The lowest BCUT2D eigenvalue weighted by Crippen LogP contribution is -2.52. The summed E-state index contributed by atoms with van der Waals surface area (Å²) in [4.78, 5) is 34.0. The Morgan fingerprint density at radius 2 is 1.13 bits per heavy atom.